The number of carbonyl (C=O) groups excluding carboxylic acids is 1. The summed E-state index contributed by atoms with van der Waals surface area (Å²) in [5, 5.41) is 3.57. The second-order valence-electron chi connectivity index (χ2n) is 5.39. The van der Waals surface area contributed by atoms with Gasteiger partial charge in [0.05, 0.1) is 12.0 Å². The quantitative estimate of drug-likeness (QED) is 0.788. The first-order valence-corrected chi connectivity index (χ1v) is 7.90. The van der Waals surface area contributed by atoms with Crippen LogP contribution in [0.5, 0.6) is 0 Å². The van der Waals surface area contributed by atoms with Gasteiger partial charge < -0.3 is 5.32 Å². The molecule has 0 aromatic heterocycles. The van der Waals surface area contributed by atoms with Crippen molar-refractivity contribution in [3.8, 4) is 0 Å². The van der Waals surface area contributed by atoms with E-state index in [9.17, 15) is 4.79 Å². The summed E-state index contributed by atoms with van der Waals surface area (Å²) in [6.45, 7) is 3.71. The molecule has 1 aromatic rings. The molecule has 1 aromatic carbocycles. The van der Waals surface area contributed by atoms with Gasteiger partial charge in [0, 0.05) is 16.3 Å². The van der Waals surface area contributed by atoms with Gasteiger partial charge in [-0.3, -0.25) is 4.79 Å². The van der Waals surface area contributed by atoms with E-state index in [4.69, 9.17) is 46.4 Å². The highest BCUT2D eigenvalue weighted by molar-refractivity contribution is 6.54. The standard InChI is InChI=1S/C14H15Cl4NO/c1-8(9-3-5-10(16)6-4-9)19-12(20)11-13(2,7-15)14(11,17)18/h3-6,8,11H,7H2,1-2H3,(H,19,20)/t8?,11-,13-/m1/s1. The smallest absolute Gasteiger partial charge is 0.227 e. The number of hydrogen-bond acceptors (Lipinski definition) is 1. The third-order valence-corrected chi connectivity index (χ3v) is 6.05. The molecule has 0 bridgehead atoms. The monoisotopic (exact) mass is 353 g/mol. The van der Waals surface area contributed by atoms with Crippen LogP contribution >= 0.6 is 46.4 Å². The number of hydrogen-bond donors (Lipinski definition) is 1. The number of carbonyl (C=O) groups is 1. The van der Waals surface area contributed by atoms with Gasteiger partial charge in [0.15, 0.2) is 0 Å². The lowest BCUT2D eigenvalue weighted by molar-refractivity contribution is -0.123. The molecule has 0 heterocycles. The highest BCUT2D eigenvalue weighted by atomic mass is 35.5. The van der Waals surface area contributed by atoms with Crippen molar-refractivity contribution in [1.82, 2.24) is 5.32 Å². The minimum absolute atomic E-state index is 0.149. The SMILES string of the molecule is CC(NC(=O)[C@H]1C(Cl)(Cl)[C@]1(C)CCl)c1ccc(Cl)cc1. The van der Waals surface area contributed by atoms with Crippen molar-refractivity contribution in [3.05, 3.63) is 34.9 Å². The van der Waals surface area contributed by atoms with Gasteiger partial charge in [0.25, 0.3) is 0 Å². The first kappa shape index (κ1) is 16.2. The molecule has 2 nitrogen and oxygen atoms in total. The Balaban J connectivity index is 2.04. The van der Waals surface area contributed by atoms with Gasteiger partial charge in [-0.25, -0.2) is 0 Å². The molecule has 1 aliphatic rings. The number of benzene rings is 1. The Labute approximate surface area is 138 Å². The molecular weight excluding hydrogens is 340 g/mol. The zero-order valence-corrected chi connectivity index (χ0v) is 14.1. The maximum absolute atomic E-state index is 12.3. The lowest BCUT2D eigenvalue weighted by atomic mass is 10.1. The largest absolute Gasteiger partial charge is 0.349 e. The number of alkyl halides is 3. The number of amides is 1. The second kappa shape index (κ2) is 5.57. The Morgan fingerprint density at radius 1 is 1.35 bits per heavy atom. The van der Waals surface area contributed by atoms with Crippen LogP contribution in [0.2, 0.25) is 5.02 Å². The van der Waals surface area contributed by atoms with E-state index >= 15 is 0 Å². The third kappa shape index (κ3) is 2.64. The highest BCUT2D eigenvalue weighted by Gasteiger charge is 2.75. The van der Waals surface area contributed by atoms with Crippen LogP contribution in [-0.2, 0) is 4.79 Å². The van der Waals surface area contributed by atoms with Crippen molar-refractivity contribution in [1.29, 1.82) is 0 Å². The van der Waals surface area contributed by atoms with Gasteiger partial charge in [0.1, 0.15) is 4.33 Å². The maximum Gasteiger partial charge on any atom is 0.227 e. The Kier molecular flexibility index (Phi) is 4.52. The fourth-order valence-corrected chi connectivity index (χ4v) is 3.89. The molecule has 0 aliphatic heterocycles. The lowest BCUT2D eigenvalue weighted by Crippen LogP contribution is -2.30. The Morgan fingerprint density at radius 3 is 2.35 bits per heavy atom. The summed E-state index contributed by atoms with van der Waals surface area (Å²) in [5.74, 6) is -0.431. The van der Waals surface area contributed by atoms with Crippen LogP contribution < -0.4 is 5.32 Å². The van der Waals surface area contributed by atoms with Crippen LogP contribution in [0.1, 0.15) is 25.5 Å². The predicted molar refractivity (Wildman–Crippen MR) is 84.8 cm³/mol. The molecule has 1 aliphatic carbocycles. The highest BCUT2D eigenvalue weighted by Crippen LogP contribution is 2.69. The summed E-state index contributed by atoms with van der Waals surface area (Å²) in [7, 11) is 0. The molecule has 0 radical (unpaired) electrons. The minimum Gasteiger partial charge on any atom is -0.349 e. The van der Waals surface area contributed by atoms with Crippen molar-refractivity contribution >= 4 is 52.3 Å². The summed E-state index contributed by atoms with van der Waals surface area (Å²) in [5.41, 5.74) is 0.382. The summed E-state index contributed by atoms with van der Waals surface area (Å²) < 4.78 is -1.10. The molecule has 0 saturated heterocycles. The first-order chi connectivity index (χ1) is 9.24. The van der Waals surface area contributed by atoms with E-state index in [0.717, 1.165) is 5.56 Å². The molecule has 6 heteroatoms. The van der Waals surface area contributed by atoms with E-state index in [2.05, 4.69) is 5.32 Å². The average molecular weight is 355 g/mol. The van der Waals surface area contributed by atoms with Crippen LogP contribution in [0.3, 0.4) is 0 Å². The third-order valence-electron chi connectivity index (χ3n) is 3.95. The van der Waals surface area contributed by atoms with Crippen molar-refractivity contribution in [2.45, 2.75) is 24.2 Å². The van der Waals surface area contributed by atoms with Gasteiger partial charge >= 0.3 is 0 Å². The van der Waals surface area contributed by atoms with Gasteiger partial charge in [0.2, 0.25) is 5.91 Å². The van der Waals surface area contributed by atoms with E-state index in [-0.39, 0.29) is 17.8 Å². The van der Waals surface area contributed by atoms with Gasteiger partial charge in [-0.05, 0) is 24.6 Å². The second-order valence-corrected chi connectivity index (χ2v) is 7.48. The van der Waals surface area contributed by atoms with Crippen molar-refractivity contribution < 1.29 is 4.79 Å². The Morgan fingerprint density at radius 2 is 1.90 bits per heavy atom. The van der Waals surface area contributed by atoms with Gasteiger partial charge in [-0.1, -0.05) is 30.7 Å². The number of rotatable bonds is 4. The van der Waals surface area contributed by atoms with Crippen LogP contribution in [-0.4, -0.2) is 16.1 Å². The maximum atomic E-state index is 12.3. The van der Waals surface area contributed by atoms with Crippen molar-refractivity contribution in [2.24, 2.45) is 11.3 Å². The zero-order valence-electron chi connectivity index (χ0n) is 11.1. The van der Waals surface area contributed by atoms with Crippen LogP contribution in [0, 0.1) is 11.3 Å². The molecule has 110 valence electrons. The average Bonchev–Trinajstić information content (AvgIpc) is 2.84. The van der Waals surface area contributed by atoms with Gasteiger partial charge in [-0.15, -0.1) is 34.8 Å². The lowest BCUT2D eigenvalue weighted by Gasteiger charge is -2.15. The van der Waals surface area contributed by atoms with E-state index < -0.39 is 15.7 Å². The molecule has 2 rings (SSSR count). The number of halogens is 4. The molecule has 1 amide bonds. The topological polar surface area (TPSA) is 29.1 Å². The summed E-state index contributed by atoms with van der Waals surface area (Å²) in [6.07, 6.45) is 0. The molecule has 3 atom stereocenters. The van der Waals surface area contributed by atoms with Crippen LogP contribution in [0.15, 0.2) is 24.3 Å². The summed E-state index contributed by atoms with van der Waals surface area (Å²) in [6, 6.07) is 7.16. The minimum atomic E-state index is -1.10. The molecule has 1 fully saturated rings. The molecular formula is C14H15Cl4NO. The molecule has 1 saturated carbocycles. The fraction of sp³-hybridized carbons (Fsp3) is 0.500. The van der Waals surface area contributed by atoms with E-state index in [1.165, 1.54) is 0 Å². The predicted octanol–water partition coefficient (Wildman–Crippen LogP) is 4.57. The van der Waals surface area contributed by atoms with Gasteiger partial charge in [-0.2, -0.15) is 0 Å². The van der Waals surface area contributed by atoms with E-state index in [1.54, 1.807) is 12.1 Å². The number of nitrogens with one attached hydrogen (secondary N) is 1. The molecule has 0 spiro atoms. The van der Waals surface area contributed by atoms with Crippen molar-refractivity contribution in [3.63, 3.8) is 0 Å². The van der Waals surface area contributed by atoms with E-state index in [0.29, 0.717) is 5.02 Å². The molecule has 20 heavy (non-hydrogen) atoms. The molecule has 1 unspecified atom stereocenters. The summed E-state index contributed by atoms with van der Waals surface area (Å²) >= 11 is 24.0. The van der Waals surface area contributed by atoms with Crippen LogP contribution in [0.4, 0.5) is 0 Å². The zero-order chi connectivity index (χ0) is 15.1. The molecule has 1 N–H and O–H groups in total. The fourth-order valence-electron chi connectivity index (χ4n) is 2.34. The Hall–Kier alpha value is -0.150. The summed E-state index contributed by atoms with van der Waals surface area (Å²) in [4.78, 5) is 12.3. The first-order valence-electron chi connectivity index (χ1n) is 6.23. The van der Waals surface area contributed by atoms with E-state index in [1.807, 2.05) is 26.0 Å². The Bertz CT molecular complexity index is 516. The normalized spacial score (nSPS) is 28.8. The van der Waals surface area contributed by atoms with Crippen LogP contribution in [0.25, 0.3) is 0 Å². The van der Waals surface area contributed by atoms with Crippen molar-refractivity contribution in [2.75, 3.05) is 5.88 Å².